The van der Waals surface area contributed by atoms with Gasteiger partial charge in [-0.05, 0) is 43.5 Å². The topological polar surface area (TPSA) is 58.4 Å². The van der Waals surface area contributed by atoms with Crippen LogP contribution in [0.1, 0.15) is 39.0 Å². The van der Waals surface area contributed by atoms with Crippen LogP contribution in [0.3, 0.4) is 0 Å². The van der Waals surface area contributed by atoms with E-state index in [2.05, 4.69) is 22.3 Å². The molecule has 1 unspecified atom stereocenters. The summed E-state index contributed by atoms with van der Waals surface area (Å²) in [5.41, 5.74) is 7.77. The summed E-state index contributed by atoms with van der Waals surface area (Å²) in [6.45, 7) is 4.17. The van der Waals surface area contributed by atoms with E-state index in [0.717, 1.165) is 18.8 Å². The lowest BCUT2D eigenvalue weighted by molar-refractivity contribution is -0.117. The Morgan fingerprint density at radius 1 is 1.20 bits per heavy atom. The number of hydrogen-bond acceptors (Lipinski definition) is 3. The van der Waals surface area contributed by atoms with Gasteiger partial charge in [-0.3, -0.25) is 4.79 Å². The quantitative estimate of drug-likeness (QED) is 0.888. The fourth-order valence-corrected chi connectivity index (χ4v) is 2.50. The minimum absolute atomic E-state index is 0.116. The maximum absolute atomic E-state index is 11.7. The first-order chi connectivity index (χ1) is 9.70. The maximum atomic E-state index is 11.7. The van der Waals surface area contributed by atoms with E-state index in [9.17, 15) is 4.79 Å². The Morgan fingerprint density at radius 3 is 2.35 bits per heavy atom. The molecule has 1 aliphatic heterocycles. The molecule has 1 amide bonds. The summed E-state index contributed by atoms with van der Waals surface area (Å²) < 4.78 is 0. The molecular weight excluding hydrogens is 250 g/mol. The second-order valence-corrected chi connectivity index (χ2v) is 5.45. The molecule has 3 N–H and O–H groups in total. The summed E-state index contributed by atoms with van der Waals surface area (Å²) in [6, 6.07) is 7.65. The average Bonchev–Trinajstić information content (AvgIpc) is 2.76. The zero-order chi connectivity index (χ0) is 14.4. The zero-order valence-corrected chi connectivity index (χ0v) is 12.3. The smallest absolute Gasteiger partial charge is 0.241 e. The van der Waals surface area contributed by atoms with E-state index in [4.69, 9.17) is 5.73 Å². The highest BCUT2D eigenvalue weighted by atomic mass is 16.2. The van der Waals surface area contributed by atoms with Crippen molar-refractivity contribution in [2.75, 3.05) is 23.3 Å². The van der Waals surface area contributed by atoms with Crippen molar-refractivity contribution in [2.24, 2.45) is 5.73 Å². The first-order valence-electron chi connectivity index (χ1n) is 7.62. The number of carbonyl (C=O) groups excluding carboxylic acids is 1. The van der Waals surface area contributed by atoms with Crippen LogP contribution in [0.5, 0.6) is 0 Å². The lowest BCUT2D eigenvalue weighted by Gasteiger charge is -2.23. The molecule has 1 aliphatic rings. The molecule has 0 aromatic heterocycles. The Morgan fingerprint density at radius 2 is 1.80 bits per heavy atom. The number of anilines is 2. The summed E-state index contributed by atoms with van der Waals surface area (Å²) >= 11 is 0. The van der Waals surface area contributed by atoms with E-state index in [0.29, 0.717) is 6.42 Å². The van der Waals surface area contributed by atoms with Crippen LogP contribution in [0.2, 0.25) is 0 Å². The normalized spacial score (nSPS) is 17.4. The first kappa shape index (κ1) is 14.9. The lowest BCUT2D eigenvalue weighted by atomic mass is 10.2. The Kier molecular flexibility index (Phi) is 5.41. The fraction of sp³-hybridized carbons (Fsp3) is 0.562. The van der Waals surface area contributed by atoms with Crippen molar-refractivity contribution >= 4 is 17.3 Å². The van der Waals surface area contributed by atoms with E-state index >= 15 is 0 Å². The maximum Gasteiger partial charge on any atom is 0.241 e. The Bertz CT molecular complexity index is 422. The molecule has 1 atom stereocenters. The number of nitrogens with two attached hydrogens (primary N) is 1. The Hall–Kier alpha value is -1.55. The van der Waals surface area contributed by atoms with E-state index in [1.807, 2.05) is 19.1 Å². The van der Waals surface area contributed by atoms with Crippen LogP contribution in [0.25, 0.3) is 0 Å². The second kappa shape index (κ2) is 7.29. The van der Waals surface area contributed by atoms with Gasteiger partial charge in [0.25, 0.3) is 0 Å². The van der Waals surface area contributed by atoms with Gasteiger partial charge in [-0.1, -0.05) is 19.8 Å². The monoisotopic (exact) mass is 275 g/mol. The van der Waals surface area contributed by atoms with Gasteiger partial charge in [0.05, 0.1) is 6.04 Å². The SMILES string of the molecule is CCC(N)C(=O)Nc1ccc(N2CCCCCC2)cc1. The predicted octanol–water partition coefficient (Wildman–Crippen LogP) is 2.74. The van der Waals surface area contributed by atoms with E-state index in [-0.39, 0.29) is 5.91 Å². The molecule has 1 saturated heterocycles. The van der Waals surface area contributed by atoms with Gasteiger partial charge in [0.2, 0.25) is 5.91 Å². The minimum Gasteiger partial charge on any atom is -0.372 e. The Balaban J connectivity index is 1.97. The van der Waals surface area contributed by atoms with E-state index < -0.39 is 6.04 Å². The number of hydrogen-bond donors (Lipinski definition) is 2. The number of carbonyl (C=O) groups is 1. The summed E-state index contributed by atoms with van der Waals surface area (Å²) in [5, 5.41) is 2.85. The highest BCUT2D eigenvalue weighted by Gasteiger charge is 2.12. The van der Waals surface area contributed by atoms with Crippen LogP contribution in [-0.4, -0.2) is 25.0 Å². The van der Waals surface area contributed by atoms with Gasteiger partial charge < -0.3 is 16.0 Å². The molecule has 1 heterocycles. The van der Waals surface area contributed by atoms with Crippen molar-refractivity contribution in [1.82, 2.24) is 0 Å². The summed E-state index contributed by atoms with van der Waals surface area (Å²) in [4.78, 5) is 14.2. The van der Waals surface area contributed by atoms with Crippen LogP contribution >= 0.6 is 0 Å². The average molecular weight is 275 g/mol. The number of nitrogens with zero attached hydrogens (tertiary/aromatic N) is 1. The number of nitrogens with one attached hydrogen (secondary N) is 1. The lowest BCUT2D eigenvalue weighted by Crippen LogP contribution is -2.34. The van der Waals surface area contributed by atoms with Gasteiger partial charge in [0, 0.05) is 24.5 Å². The number of benzene rings is 1. The van der Waals surface area contributed by atoms with Crippen molar-refractivity contribution in [1.29, 1.82) is 0 Å². The van der Waals surface area contributed by atoms with Crippen LogP contribution in [0, 0.1) is 0 Å². The fourth-order valence-electron chi connectivity index (χ4n) is 2.50. The molecule has 0 bridgehead atoms. The third-order valence-corrected chi connectivity index (χ3v) is 3.88. The molecule has 0 saturated carbocycles. The number of rotatable bonds is 4. The van der Waals surface area contributed by atoms with Crippen molar-refractivity contribution in [3.63, 3.8) is 0 Å². The molecule has 110 valence electrons. The van der Waals surface area contributed by atoms with E-state index in [1.165, 1.54) is 31.4 Å². The molecule has 1 fully saturated rings. The standard InChI is InChI=1S/C16H25N3O/c1-2-15(17)16(20)18-13-7-9-14(10-8-13)19-11-5-3-4-6-12-19/h7-10,15H,2-6,11-12,17H2,1H3,(H,18,20). The molecule has 0 radical (unpaired) electrons. The van der Waals surface area contributed by atoms with Crippen molar-refractivity contribution in [3.05, 3.63) is 24.3 Å². The number of amides is 1. The molecule has 2 rings (SSSR count). The first-order valence-corrected chi connectivity index (χ1v) is 7.62. The van der Waals surface area contributed by atoms with Crippen molar-refractivity contribution < 1.29 is 4.79 Å². The predicted molar refractivity (Wildman–Crippen MR) is 84.0 cm³/mol. The molecular formula is C16H25N3O. The molecule has 0 spiro atoms. The van der Waals surface area contributed by atoms with E-state index in [1.54, 1.807) is 0 Å². The molecule has 20 heavy (non-hydrogen) atoms. The van der Waals surface area contributed by atoms with Gasteiger partial charge in [0.15, 0.2) is 0 Å². The molecule has 0 aliphatic carbocycles. The van der Waals surface area contributed by atoms with Gasteiger partial charge in [0.1, 0.15) is 0 Å². The highest BCUT2D eigenvalue weighted by molar-refractivity contribution is 5.94. The van der Waals surface area contributed by atoms with Crippen LogP contribution in [0.4, 0.5) is 11.4 Å². The minimum atomic E-state index is -0.430. The van der Waals surface area contributed by atoms with Crippen LogP contribution < -0.4 is 16.0 Å². The summed E-state index contributed by atoms with van der Waals surface area (Å²) in [6.07, 6.45) is 5.85. The molecule has 1 aromatic rings. The van der Waals surface area contributed by atoms with Crippen LogP contribution in [-0.2, 0) is 4.79 Å². The van der Waals surface area contributed by atoms with Gasteiger partial charge >= 0.3 is 0 Å². The van der Waals surface area contributed by atoms with Gasteiger partial charge in [-0.15, -0.1) is 0 Å². The zero-order valence-electron chi connectivity index (χ0n) is 12.3. The largest absolute Gasteiger partial charge is 0.372 e. The van der Waals surface area contributed by atoms with Crippen LogP contribution in [0.15, 0.2) is 24.3 Å². The highest BCUT2D eigenvalue weighted by Crippen LogP contribution is 2.21. The van der Waals surface area contributed by atoms with Gasteiger partial charge in [-0.25, -0.2) is 0 Å². The molecule has 4 nitrogen and oxygen atoms in total. The third-order valence-electron chi connectivity index (χ3n) is 3.88. The van der Waals surface area contributed by atoms with Gasteiger partial charge in [-0.2, -0.15) is 0 Å². The Labute approximate surface area is 121 Å². The van der Waals surface area contributed by atoms with Crippen molar-refractivity contribution in [3.8, 4) is 0 Å². The van der Waals surface area contributed by atoms with Crippen molar-refractivity contribution in [2.45, 2.75) is 45.1 Å². The summed E-state index contributed by atoms with van der Waals surface area (Å²) in [7, 11) is 0. The molecule has 1 aromatic carbocycles. The third kappa shape index (κ3) is 3.97. The second-order valence-electron chi connectivity index (χ2n) is 5.45. The molecule has 4 heteroatoms. The summed E-state index contributed by atoms with van der Waals surface area (Å²) in [5.74, 6) is -0.116.